The number of hydrogen-bond donors (Lipinski definition) is 2. The second-order valence-electron chi connectivity index (χ2n) is 4.09. The van der Waals surface area contributed by atoms with E-state index in [1.807, 2.05) is 0 Å². The average molecular weight is 285 g/mol. The molecule has 8 nitrogen and oxygen atoms in total. The van der Waals surface area contributed by atoms with Gasteiger partial charge in [-0.2, -0.15) is 5.10 Å². The van der Waals surface area contributed by atoms with Gasteiger partial charge in [-0.05, 0) is 13.8 Å². The van der Waals surface area contributed by atoms with E-state index < -0.39 is 18.1 Å². The summed E-state index contributed by atoms with van der Waals surface area (Å²) >= 11 is 0. The highest BCUT2D eigenvalue weighted by molar-refractivity contribution is 5.79. The van der Waals surface area contributed by atoms with Gasteiger partial charge >= 0.3 is 5.97 Å². The van der Waals surface area contributed by atoms with Crippen LogP contribution in [0.3, 0.4) is 0 Å². The molecule has 0 aliphatic carbocycles. The Kier molecular flexibility index (Phi) is 5.51. The first-order chi connectivity index (χ1) is 9.47. The van der Waals surface area contributed by atoms with Crippen LogP contribution < -0.4 is 10.1 Å². The molecule has 1 heterocycles. The summed E-state index contributed by atoms with van der Waals surface area (Å²) in [5.74, 6) is -0.408. The number of amides is 1. The van der Waals surface area contributed by atoms with Gasteiger partial charge in [0.2, 0.25) is 12.3 Å². The fraction of sp³-hybridized carbons (Fsp3) is 0.583. The maximum absolute atomic E-state index is 11.8. The van der Waals surface area contributed by atoms with Crippen LogP contribution in [-0.2, 0) is 21.4 Å². The summed E-state index contributed by atoms with van der Waals surface area (Å²) < 4.78 is 11.4. The molecule has 0 saturated carbocycles. The van der Waals surface area contributed by atoms with Crippen LogP contribution in [0, 0.1) is 6.92 Å². The number of esters is 1. The molecular formula is C12H19N3O5. The summed E-state index contributed by atoms with van der Waals surface area (Å²) in [6, 6.07) is -1.22. The van der Waals surface area contributed by atoms with Crippen molar-refractivity contribution in [1.82, 2.24) is 15.1 Å². The molecule has 0 bridgehead atoms. The normalized spacial score (nSPS) is 13.4. The van der Waals surface area contributed by atoms with E-state index in [1.54, 1.807) is 20.9 Å². The molecular weight excluding hydrogens is 266 g/mol. The number of carbonyl (C=O) groups is 2. The van der Waals surface area contributed by atoms with E-state index in [0.717, 1.165) is 0 Å². The van der Waals surface area contributed by atoms with Gasteiger partial charge in [-0.25, -0.2) is 9.48 Å². The van der Waals surface area contributed by atoms with E-state index in [-0.39, 0.29) is 6.61 Å². The number of aromatic nitrogens is 2. The third-order valence-corrected chi connectivity index (χ3v) is 2.81. The van der Waals surface area contributed by atoms with Gasteiger partial charge in [0.1, 0.15) is 6.10 Å². The molecule has 0 radical (unpaired) electrons. The molecule has 1 aromatic heterocycles. The summed E-state index contributed by atoms with van der Waals surface area (Å²) in [6.07, 6.45) is -0.980. The molecule has 2 N–H and O–H groups in total. The minimum atomic E-state index is -1.32. The minimum absolute atomic E-state index is 0.145. The number of rotatable bonds is 7. The van der Waals surface area contributed by atoms with Gasteiger partial charge in [0.15, 0.2) is 6.04 Å². The van der Waals surface area contributed by atoms with E-state index >= 15 is 0 Å². The molecule has 2 atom stereocenters. The van der Waals surface area contributed by atoms with Crippen LogP contribution in [-0.4, -0.2) is 47.0 Å². The Morgan fingerprint density at radius 2 is 2.25 bits per heavy atom. The molecule has 0 aliphatic heterocycles. The van der Waals surface area contributed by atoms with Crippen molar-refractivity contribution in [2.24, 2.45) is 7.05 Å². The van der Waals surface area contributed by atoms with Crippen LogP contribution in [0.4, 0.5) is 0 Å². The van der Waals surface area contributed by atoms with Crippen molar-refractivity contribution in [2.45, 2.75) is 26.0 Å². The van der Waals surface area contributed by atoms with E-state index in [2.05, 4.69) is 10.4 Å². The maximum Gasteiger partial charge on any atom is 0.331 e. The molecule has 2 unspecified atom stereocenters. The zero-order chi connectivity index (χ0) is 15.3. The summed E-state index contributed by atoms with van der Waals surface area (Å²) in [7, 11) is 3.08. The number of methoxy groups -OCH3 is 1. The van der Waals surface area contributed by atoms with Gasteiger partial charge in [0.05, 0.1) is 25.0 Å². The van der Waals surface area contributed by atoms with E-state index in [4.69, 9.17) is 9.47 Å². The van der Waals surface area contributed by atoms with E-state index in [9.17, 15) is 14.7 Å². The number of hydrogen-bond acceptors (Lipinski definition) is 6. The van der Waals surface area contributed by atoms with Crippen molar-refractivity contribution < 1.29 is 24.2 Å². The largest absolute Gasteiger partial charge is 0.481 e. The number of aliphatic hydroxyl groups is 1. The summed E-state index contributed by atoms with van der Waals surface area (Å²) in [5, 5.41) is 16.7. The summed E-state index contributed by atoms with van der Waals surface area (Å²) in [5.41, 5.74) is 0.834. The number of aryl methyl sites for hydroxylation is 2. The Labute approximate surface area is 116 Å². The van der Waals surface area contributed by atoms with Crippen molar-refractivity contribution in [3.05, 3.63) is 11.3 Å². The van der Waals surface area contributed by atoms with Crippen LogP contribution in [0.25, 0.3) is 0 Å². The highest BCUT2D eigenvalue weighted by Gasteiger charge is 2.34. The Bertz CT molecular complexity index is 486. The van der Waals surface area contributed by atoms with Gasteiger partial charge in [-0.15, -0.1) is 0 Å². The summed E-state index contributed by atoms with van der Waals surface area (Å²) in [4.78, 5) is 22.4. The number of ether oxygens (including phenoxy) is 2. The van der Waals surface area contributed by atoms with Gasteiger partial charge < -0.3 is 19.9 Å². The smallest absolute Gasteiger partial charge is 0.331 e. The van der Waals surface area contributed by atoms with E-state index in [1.165, 1.54) is 11.8 Å². The first-order valence-electron chi connectivity index (χ1n) is 6.09. The second kappa shape index (κ2) is 6.90. The lowest BCUT2D eigenvalue weighted by Crippen LogP contribution is -2.42. The van der Waals surface area contributed by atoms with Gasteiger partial charge in [-0.3, -0.25) is 4.79 Å². The molecule has 0 aromatic carbocycles. The Morgan fingerprint density at radius 1 is 1.60 bits per heavy atom. The minimum Gasteiger partial charge on any atom is -0.481 e. The van der Waals surface area contributed by atoms with Crippen LogP contribution in [0.15, 0.2) is 0 Å². The molecule has 1 aromatic rings. The fourth-order valence-electron chi connectivity index (χ4n) is 2.00. The van der Waals surface area contributed by atoms with Crippen molar-refractivity contribution in [3.63, 3.8) is 0 Å². The molecule has 112 valence electrons. The van der Waals surface area contributed by atoms with Gasteiger partial charge in [-0.1, -0.05) is 0 Å². The zero-order valence-corrected chi connectivity index (χ0v) is 11.9. The Morgan fingerprint density at radius 3 is 2.75 bits per heavy atom. The van der Waals surface area contributed by atoms with Crippen LogP contribution in [0.1, 0.15) is 24.3 Å². The third-order valence-electron chi connectivity index (χ3n) is 2.81. The van der Waals surface area contributed by atoms with Crippen LogP contribution in [0.5, 0.6) is 5.88 Å². The molecule has 0 saturated heterocycles. The molecule has 1 rings (SSSR count). The van der Waals surface area contributed by atoms with Crippen LogP contribution in [0.2, 0.25) is 0 Å². The highest BCUT2D eigenvalue weighted by atomic mass is 16.5. The zero-order valence-electron chi connectivity index (χ0n) is 11.9. The molecule has 8 heteroatoms. The Balaban J connectivity index is 3.15. The number of nitrogens with one attached hydrogen (secondary N) is 1. The maximum atomic E-state index is 11.8. The highest BCUT2D eigenvalue weighted by Crippen LogP contribution is 2.30. The SMILES string of the molecule is CCOC(=O)C(NC=O)C(O)c1c(C)nn(C)c1OC. The molecule has 0 fully saturated rings. The van der Waals surface area contributed by atoms with Crippen molar-refractivity contribution in [1.29, 1.82) is 0 Å². The lowest BCUT2D eigenvalue weighted by molar-refractivity contribution is -0.149. The quantitative estimate of drug-likeness (QED) is 0.514. The Hall–Kier alpha value is -2.09. The lowest BCUT2D eigenvalue weighted by Gasteiger charge is -2.21. The summed E-state index contributed by atoms with van der Waals surface area (Å²) in [6.45, 7) is 3.45. The van der Waals surface area contributed by atoms with Crippen molar-refractivity contribution >= 4 is 12.4 Å². The second-order valence-corrected chi connectivity index (χ2v) is 4.09. The molecule has 1 amide bonds. The first kappa shape index (κ1) is 16.0. The average Bonchev–Trinajstić information content (AvgIpc) is 2.69. The fourth-order valence-corrected chi connectivity index (χ4v) is 2.00. The number of aliphatic hydroxyl groups excluding tert-OH is 1. The molecule has 0 spiro atoms. The van der Waals surface area contributed by atoms with Crippen molar-refractivity contribution in [3.8, 4) is 5.88 Å². The lowest BCUT2D eigenvalue weighted by atomic mass is 10.0. The predicted molar refractivity (Wildman–Crippen MR) is 69.1 cm³/mol. The van der Waals surface area contributed by atoms with Crippen LogP contribution >= 0.6 is 0 Å². The number of nitrogens with zero attached hydrogens (tertiary/aromatic N) is 2. The molecule has 20 heavy (non-hydrogen) atoms. The van der Waals surface area contributed by atoms with Gasteiger partial charge in [0.25, 0.3) is 0 Å². The topological polar surface area (TPSA) is 103 Å². The van der Waals surface area contributed by atoms with E-state index in [0.29, 0.717) is 23.5 Å². The van der Waals surface area contributed by atoms with Crippen molar-refractivity contribution in [2.75, 3.05) is 13.7 Å². The molecule has 0 aliphatic rings. The predicted octanol–water partition coefficient (Wildman–Crippen LogP) is -0.552. The standard InChI is InChI=1S/C12H19N3O5/c1-5-20-12(18)9(13-6-16)10(17)8-7(2)14-15(3)11(8)19-4/h6,9-10,17H,5H2,1-4H3,(H,13,16). The van der Waals surface area contributed by atoms with Gasteiger partial charge in [0, 0.05) is 7.05 Å². The third kappa shape index (κ3) is 3.08. The first-order valence-corrected chi connectivity index (χ1v) is 6.09. The monoisotopic (exact) mass is 285 g/mol. The number of carbonyl (C=O) groups excluding carboxylic acids is 2.